The van der Waals surface area contributed by atoms with Crippen molar-refractivity contribution in [2.24, 2.45) is 5.92 Å². The van der Waals surface area contributed by atoms with E-state index in [1.54, 1.807) is 0 Å². The van der Waals surface area contributed by atoms with E-state index in [2.05, 4.69) is 51.0 Å². The molecule has 0 aliphatic carbocycles. The van der Waals surface area contributed by atoms with Crippen LogP contribution >= 0.6 is 0 Å². The molecule has 3 rings (SSSR count). The van der Waals surface area contributed by atoms with Crippen LogP contribution in [0.2, 0.25) is 0 Å². The molecule has 0 bridgehead atoms. The number of rotatable bonds is 7. The van der Waals surface area contributed by atoms with Gasteiger partial charge in [0.1, 0.15) is 0 Å². The maximum Gasteiger partial charge on any atom is 0.220 e. The Balaban J connectivity index is 1.58. The van der Waals surface area contributed by atoms with E-state index in [0.29, 0.717) is 18.9 Å². The maximum atomic E-state index is 11.8. The van der Waals surface area contributed by atoms with Crippen LogP contribution in [0.15, 0.2) is 36.7 Å². The molecule has 0 aromatic carbocycles. The van der Waals surface area contributed by atoms with Crippen molar-refractivity contribution < 1.29 is 4.79 Å². The highest BCUT2D eigenvalue weighted by molar-refractivity contribution is 5.75. The van der Waals surface area contributed by atoms with Crippen LogP contribution in [0.1, 0.15) is 44.1 Å². The van der Waals surface area contributed by atoms with Crippen molar-refractivity contribution in [3.05, 3.63) is 48.0 Å². The highest BCUT2D eigenvalue weighted by Gasteiger charge is 2.25. The third-order valence-corrected chi connectivity index (χ3v) is 4.46. The molecule has 1 aliphatic heterocycles. The molecule has 0 saturated heterocycles. The number of hydrogen-bond acceptors (Lipinski definition) is 4. The minimum absolute atomic E-state index is 0.136. The van der Waals surface area contributed by atoms with Gasteiger partial charge in [-0.25, -0.2) is 0 Å². The van der Waals surface area contributed by atoms with Gasteiger partial charge in [0.2, 0.25) is 5.91 Å². The van der Waals surface area contributed by atoms with Gasteiger partial charge < -0.3 is 5.32 Å². The molecule has 1 atom stereocenters. The Labute approximate surface area is 149 Å². The Morgan fingerprint density at radius 3 is 2.96 bits per heavy atom. The molecule has 0 fully saturated rings. The van der Waals surface area contributed by atoms with Gasteiger partial charge >= 0.3 is 0 Å². The Morgan fingerprint density at radius 1 is 1.32 bits per heavy atom. The average Bonchev–Trinajstić information content (AvgIpc) is 3.03. The van der Waals surface area contributed by atoms with E-state index < -0.39 is 0 Å². The standard InChI is InChI=1S/C19H27N5O/c1-15(2)11-19(25)21-9-6-17-13-23(12-16-5-3-4-8-20-16)14-18-7-10-22-24(17)18/h3-5,7-8,10,15,17H,6,9,11-14H2,1-2H3,(H,21,25)/t17-/m0/s1. The zero-order valence-corrected chi connectivity index (χ0v) is 15.1. The van der Waals surface area contributed by atoms with Crippen molar-refractivity contribution in [2.75, 3.05) is 13.1 Å². The fourth-order valence-electron chi connectivity index (χ4n) is 3.34. The highest BCUT2D eigenvalue weighted by atomic mass is 16.1. The van der Waals surface area contributed by atoms with Crippen LogP contribution in [0, 0.1) is 5.92 Å². The minimum Gasteiger partial charge on any atom is -0.356 e. The molecule has 0 radical (unpaired) electrons. The lowest BCUT2D eigenvalue weighted by Crippen LogP contribution is -2.39. The summed E-state index contributed by atoms with van der Waals surface area (Å²) in [5.41, 5.74) is 2.31. The van der Waals surface area contributed by atoms with Gasteiger partial charge in [-0.2, -0.15) is 5.10 Å². The zero-order valence-electron chi connectivity index (χ0n) is 15.1. The number of carbonyl (C=O) groups is 1. The summed E-state index contributed by atoms with van der Waals surface area (Å²) in [4.78, 5) is 18.7. The lowest BCUT2D eigenvalue weighted by Gasteiger charge is -2.33. The van der Waals surface area contributed by atoms with Crippen molar-refractivity contribution in [1.29, 1.82) is 0 Å². The molecule has 0 spiro atoms. The molecule has 6 heteroatoms. The van der Waals surface area contributed by atoms with Crippen LogP contribution in [0.25, 0.3) is 0 Å². The average molecular weight is 341 g/mol. The normalized spacial score (nSPS) is 17.5. The molecule has 1 aliphatic rings. The minimum atomic E-state index is 0.136. The molecule has 6 nitrogen and oxygen atoms in total. The Hall–Kier alpha value is -2.21. The largest absolute Gasteiger partial charge is 0.356 e. The van der Waals surface area contributed by atoms with Crippen molar-refractivity contribution >= 4 is 5.91 Å². The van der Waals surface area contributed by atoms with Crippen molar-refractivity contribution in [3.8, 4) is 0 Å². The first kappa shape index (κ1) is 17.6. The predicted molar refractivity (Wildman–Crippen MR) is 96.7 cm³/mol. The van der Waals surface area contributed by atoms with E-state index in [1.165, 1.54) is 5.69 Å². The van der Waals surface area contributed by atoms with E-state index in [0.717, 1.165) is 31.7 Å². The summed E-state index contributed by atoms with van der Waals surface area (Å²) in [6, 6.07) is 8.39. The fourth-order valence-corrected chi connectivity index (χ4v) is 3.34. The van der Waals surface area contributed by atoms with Gasteiger partial charge in [-0.05, 0) is 30.5 Å². The molecule has 25 heavy (non-hydrogen) atoms. The van der Waals surface area contributed by atoms with Crippen LogP contribution in [0.3, 0.4) is 0 Å². The monoisotopic (exact) mass is 341 g/mol. The molecule has 2 aromatic rings. The quantitative estimate of drug-likeness (QED) is 0.840. The second kappa shape index (κ2) is 8.25. The van der Waals surface area contributed by atoms with Crippen LogP contribution in [0.4, 0.5) is 0 Å². The van der Waals surface area contributed by atoms with Gasteiger partial charge in [-0.3, -0.25) is 19.4 Å². The molecular formula is C19H27N5O. The van der Waals surface area contributed by atoms with Crippen molar-refractivity contribution in [1.82, 2.24) is 25.0 Å². The molecule has 1 N–H and O–H groups in total. The first-order valence-corrected chi connectivity index (χ1v) is 9.03. The predicted octanol–water partition coefficient (Wildman–Crippen LogP) is 2.39. The lowest BCUT2D eigenvalue weighted by molar-refractivity contribution is -0.121. The van der Waals surface area contributed by atoms with Gasteiger partial charge in [0.25, 0.3) is 0 Å². The second-order valence-corrected chi connectivity index (χ2v) is 7.15. The number of nitrogens with one attached hydrogen (secondary N) is 1. The number of pyridine rings is 1. The first-order chi connectivity index (χ1) is 12.1. The summed E-state index contributed by atoms with van der Waals surface area (Å²) in [6.45, 7) is 7.45. The van der Waals surface area contributed by atoms with E-state index in [-0.39, 0.29) is 11.9 Å². The summed E-state index contributed by atoms with van der Waals surface area (Å²) in [5, 5.41) is 7.53. The van der Waals surface area contributed by atoms with Gasteiger partial charge in [-0.1, -0.05) is 19.9 Å². The summed E-state index contributed by atoms with van der Waals surface area (Å²) >= 11 is 0. The van der Waals surface area contributed by atoms with Crippen LogP contribution in [-0.2, 0) is 17.9 Å². The van der Waals surface area contributed by atoms with E-state index >= 15 is 0 Å². The smallest absolute Gasteiger partial charge is 0.220 e. The zero-order chi connectivity index (χ0) is 17.6. The summed E-state index contributed by atoms with van der Waals surface area (Å²) < 4.78 is 2.11. The highest BCUT2D eigenvalue weighted by Crippen LogP contribution is 2.23. The van der Waals surface area contributed by atoms with E-state index in [1.807, 2.05) is 24.5 Å². The van der Waals surface area contributed by atoms with Gasteiger partial charge in [0.05, 0.1) is 17.4 Å². The molecule has 2 aromatic heterocycles. The number of hydrogen-bond donors (Lipinski definition) is 1. The van der Waals surface area contributed by atoms with Crippen LogP contribution in [0.5, 0.6) is 0 Å². The third-order valence-electron chi connectivity index (χ3n) is 4.46. The summed E-state index contributed by atoms with van der Waals surface area (Å²) in [5.74, 6) is 0.526. The second-order valence-electron chi connectivity index (χ2n) is 7.15. The Kier molecular flexibility index (Phi) is 5.81. The van der Waals surface area contributed by atoms with Crippen LogP contribution < -0.4 is 5.32 Å². The van der Waals surface area contributed by atoms with Crippen LogP contribution in [-0.4, -0.2) is 38.7 Å². The molecule has 0 saturated carbocycles. The molecule has 0 unspecified atom stereocenters. The van der Waals surface area contributed by atoms with Crippen molar-refractivity contribution in [2.45, 2.75) is 45.8 Å². The van der Waals surface area contributed by atoms with Crippen molar-refractivity contribution in [3.63, 3.8) is 0 Å². The summed E-state index contributed by atoms with van der Waals surface area (Å²) in [7, 11) is 0. The first-order valence-electron chi connectivity index (χ1n) is 9.03. The van der Waals surface area contributed by atoms with Gasteiger partial charge in [0, 0.05) is 45.0 Å². The maximum absolute atomic E-state index is 11.8. The SMILES string of the molecule is CC(C)CC(=O)NCC[C@H]1CN(Cc2ccccn2)Cc2ccnn21. The summed E-state index contributed by atoms with van der Waals surface area (Å²) in [6.07, 6.45) is 5.18. The van der Waals surface area contributed by atoms with Gasteiger partial charge in [0.15, 0.2) is 0 Å². The Morgan fingerprint density at radius 2 is 2.20 bits per heavy atom. The third kappa shape index (κ3) is 4.89. The lowest BCUT2D eigenvalue weighted by atomic mass is 10.1. The molecular weight excluding hydrogens is 314 g/mol. The number of carbonyl (C=O) groups excluding carboxylic acids is 1. The molecule has 134 valence electrons. The number of amides is 1. The molecule has 1 amide bonds. The van der Waals surface area contributed by atoms with E-state index in [4.69, 9.17) is 0 Å². The Bertz CT molecular complexity index is 682. The number of fused-ring (bicyclic) bond motifs is 1. The van der Waals surface area contributed by atoms with E-state index in [9.17, 15) is 4.79 Å². The topological polar surface area (TPSA) is 63.1 Å². The number of nitrogens with zero attached hydrogens (tertiary/aromatic N) is 4. The fraction of sp³-hybridized carbons (Fsp3) is 0.526. The van der Waals surface area contributed by atoms with Gasteiger partial charge in [-0.15, -0.1) is 0 Å². The number of aromatic nitrogens is 3. The molecule has 3 heterocycles.